The molecule has 0 aromatic heterocycles. The molecular formula is C26H29N3O5. The second-order valence-electron chi connectivity index (χ2n) is 9.20. The molecule has 0 saturated carbocycles. The van der Waals surface area contributed by atoms with Gasteiger partial charge in [0.2, 0.25) is 11.8 Å². The van der Waals surface area contributed by atoms with Gasteiger partial charge < -0.3 is 14.4 Å². The summed E-state index contributed by atoms with van der Waals surface area (Å²) in [7, 11) is 0. The monoisotopic (exact) mass is 463 g/mol. The van der Waals surface area contributed by atoms with E-state index in [9.17, 15) is 14.4 Å². The highest BCUT2D eigenvalue weighted by Gasteiger charge is 2.40. The van der Waals surface area contributed by atoms with Crippen LogP contribution in [0.5, 0.6) is 5.75 Å². The molecule has 2 aromatic rings. The SMILES string of the molecule is CC1CN(Cc2ccc(COc3cccc4c3CN(C3CCC(=O)NC3=O)C4=O)cc2)CCO1. The topological polar surface area (TPSA) is 88.2 Å². The van der Waals surface area contributed by atoms with E-state index < -0.39 is 11.9 Å². The fraction of sp³-hybridized carbons (Fsp3) is 0.423. The van der Waals surface area contributed by atoms with E-state index in [-0.39, 0.29) is 24.3 Å². The van der Waals surface area contributed by atoms with Crippen LogP contribution in [0.2, 0.25) is 0 Å². The summed E-state index contributed by atoms with van der Waals surface area (Å²) in [6, 6.07) is 13.2. The van der Waals surface area contributed by atoms with Crippen molar-refractivity contribution in [1.82, 2.24) is 15.1 Å². The lowest BCUT2D eigenvalue weighted by molar-refractivity contribution is -0.136. The molecule has 34 heavy (non-hydrogen) atoms. The van der Waals surface area contributed by atoms with Gasteiger partial charge in [0.15, 0.2) is 0 Å². The Hall–Kier alpha value is -3.23. The third kappa shape index (κ3) is 4.69. The van der Waals surface area contributed by atoms with Crippen molar-refractivity contribution in [2.45, 2.75) is 51.6 Å². The number of benzene rings is 2. The summed E-state index contributed by atoms with van der Waals surface area (Å²) < 4.78 is 11.7. The molecule has 0 bridgehead atoms. The summed E-state index contributed by atoms with van der Waals surface area (Å²) >= 11 is 0. The zero-order chi connectivity index (χ0) is 23.7. The molecule has 3 heterocycles. The zero-order valence-corrected chi connectivity index (χ0v) is 19.3. The van der Waals surface area contributed by atoms with Gasteiger partial charge in [-0.1, -0.05) is 30.3 Å². The number of amides is 3. The van der Waals surface area contributed by atoms with E-state index in [1.807, 2.05) is 6.07 Å². The fourth-order valence-electron chi connectivity index (χ4n) is 4.89. The molecule has 8 nitrogen and oxygen atoms in total. The van der Waals surface area contributed by atoms with Crippen molar-refractivity contribution in [1.29, 1.82) is 0 Å². The molecule has 1 N–H and O–H groups in total. The first-order valence-corrected chi connectivity index (χ1v) is 11.8. The van der Waals surface area contributed by atoms with Crippen LogP contribution >= 0.6 is 0 Å². The number of imide groups is 1. The van der Waals surface area contributed by atoms with E-state index in [0.29, 0.717) is 30.9 Å². The van der Waals surface area contributed by atoms with Crippen molar-refractivity contribution >= 4 is 17.7 Å². The fourth-order valence-corrected chi connectivity index (χ4v) is 4.89. The van der Waals surface area contributed by atoms with E-state index in [0.717, 1.165) is 37.4 Å². The van der Waals surface area contributed by atoms with Crippen LogP contribution in [-0.2, 0) is 34.0 Å². The first-order chi connectivity index (χ1) is 16.5. The maximum Gasteiger partial charge on any atom is 0.255 e. The third-order valence-electron chi connectivity index (χ3n) is 6.69. The normalized spacial score (nSPS) is 23.1. The van der Waals surface area contributed by atoms with Gasteiger partial charge in [-0.2, -0.15) is 0 Å². The van der Waals surface area contributed by atoms with Crippen molar-refractivity contribution in [3.63, 3.8) is 0 Å². The summed E-state index contributed by atoms with van der Waals surface area (Å²) in [5, 5.41) is 2.33. The second-order valence-corrected chi connectivity index (χ2v) is 9.20. The summed E-state index contributed by atoms with van der Waals surface area (Å²) in [6.45, 7) is 6.36. The number of hydrogen-bond acceptors (Lipinski definition) is 6. The summed E-state index contributed by atoms with van der Waals surface area (Å²) in [5.41, 5.74) is 3.64. The molecule has 0 aliphatic carbocycles. The molecule has 3 amide bonds. The Morgan fingerprint density at radius 3 is 2.65 bits per heavy atom. The van der Waals surface area contributed by atoms with Crippen molar-refractivity contribution in [3.05, 3.63) is 64.7 Å². The van der Waals surface area contributed by atoms with Gasteiger partial charge in [0.25, 0.3) is 5.91 Å². The predicted molar refractivity (Wildman–Crippen MR) is 124 cm³/mol. The van der Waals surface area contributed by atoms with E-state index in [2.05, 4.69) is 41.4 Å². The highest BCUT2D eigenvalue weighted by molar-refractivity contribution is 6.05. The third-order valence-corrected chi connectivity index (χ3v) is 6.69. The first-order valence-electron chi connectivity index (χ1n) is 11.8. The van der Waals surface area contributed by atoms with Crippen LogP contribution in [0.1, 0.15) is 46.8 Å². The van der Waals surface area contributed by atoms with Gasteiger partial charge >= 0.3 is 0 Å². The van der Waals surface area contributed by atoms with E-state index in [1.54, 1.807) is 17.0 Å². The van der Waals surface area contributed by atoms with Crippen molar-refractivity contribution < 1.29 is 23.9 Å². The number of nitrogens with zero attached hydrogens (tertiary/aromatic N) is 2. The minimum absolute atomic E-state index is 0.197. The molecular weight excluding hydrogens is 434 g/mol. The van der Waals surface area contributed by atoms with Crippen molar-refractivity contribution in [2.24, 2.45) is 0 Å². The van der Waals surface area contributed by atoms with Gasteiger partial charge in [-0.15, -0.1) is 0 Å². The Morgan fingerprint density at radius 1 is 1.09 bits per heavy atom. The summed E-state index contributed by atoms with van der Waals surface area (Å²) in [4.78, 5) is 40.7. The average molecular weight is 464 g/mol. The minimum atomic E-state index is -0.632. The molecule has 178 valence electrons. The molecule has 0 spiro atoms. The van der Waals surface area contributed by atoms with Crippen LogP contribution in [0.25, 0.3) is 0 Å². The number of piperidine rings is 1. The largest absolute Gasteiger partial charge is 0.489 e. The number of hydrogen-bond donors (Lipinski definition) is 1. The van der Waals surface area contributed by atoms with Crippen LogP contribution in [0.15, 0.2) is 42.5 Å². The van der Waals surface area contributed by atoms with Crippen molar-refractivity contribution in [2.75, 3.05) is 19.7 Å². The van der Waals surface area contributed by atoms with Crippen LogP contribution < -0.4 is 10.1 Å². The van der Waals surface area contributed by atoms with Gasteiger partial charge in [-0.05, 0) is 36.6 Å². The first kappa shape index (κ1) is 22.6. The van der Waals surface area contributed by atoms with Gasteiger partial charge in [0, 0.05) is 37.2 Å². The Bertz CT molecular complexity index is 1100. The van der Waals surface area contributed by atoms with Crippen molar-refractivity contribution in [3.8, 4) is 5.75 Å². The second kappa shape index (κ2) is 9.56. The highest BCUT2D eigenvalue weighted by atomic mass is 16.5. The Balaban J connectivity index is 1.22. The molecule has 3 aliphatic heterocycles. The molecule has 2 saturated heterocycles. The lowest BCUT2D eigenvalue weighted by Crippen LogP contribution is -2.52. The quantitative estimate of drug-likeness (QED) is 0.662. The Kier molecular flexibility index (Phi) is 6.34. The van der Waals surface area contributed by atoms with E-state index in [4.69, 9.17) is 9.47 Å². The Morgan fingerprint density at radius 2 is 1.88 bits per heavy atom. The predicted octanol–water partition coefficient (Wildman–Crippen LogP) is 2.25. The lowest BCUT2D eigenvalue weighted by atomic mass is 10.0. The Labute approximate surface area is 198 Å². The standard InChI is InChI=1S/C26H29N3O5/c1-17-13-28(11-12-33-17)14-18-5-7-19(8-6-18)16-34-23-4-2-3-20-21(23)15-29(26(20)32)22-9-10-24(30)27-25(22)31/h2-8,17,22H,9-16H2,1H3,(H,27,30,31). The maximum absolute atomic E-state index is 13.0. The van der Waals surface area contributed by atoms with Gasteiger partial charge in [0.1, 0.15) is 18.4 Å². The van der Waals surface area contributed by atoms with Crippen LogP contribution in [0, 0.1) is 0 Å². The minimum Gasteiger partial charge on any atom is -0.489 e. The lowest BCUT2D eigenvalue weighted by Gasteiger charge is -2.31. The molecule has 2 fully saturated rings. The molecule has 8 heteroatoms. The number of morpholine rings is 1. The number of ether oxygens (including phenoxy) is 2. The van der Waals surface area contributed by atoms with Gasteiger partial charge in [0.05, 0.1) is 19.3 Å². The number of rotatable bonds is 6. The molecule has 2 aromatic carbocycles. The van der Waals surface area contributed by atoms with Crippen LogP contribution in [0.3, 0.4) is 0 Å². The molecule has 5 rings (SSSR count). The highest BCUT2D eigenvalue weighted by Crippen LogP contribution is 2.34. The summed E-state index contributed by atoms with van der Waals surface area (Å²) in [6.07, 6.45) is 0.850. The van der Waals surface area contributed by atoms with Gasteiger partial charge in [-0.25, -0.2) is 0 Å². The smallest absolute Gasteiger partial charge is 0.255 e. The van der Waals surface area contributed by atoms with Crippen LogP contribution in [-0.4, -0.2) is 59.4 Å². The number of fused-ring (bicyclic) bond motifs is 1. The molecule has 2 unspecified atom stereocenters. The van der Waals surface area contributed by atoms with Crippen LogP contribution in [0.4, 0.5) is 0 Å². The number of carbonyl (C=O) groups excluding carboxylic acids is 3. The van der Waals surface area contributed by atoms with Gasteiger partial charge in [-0.3, -0.25) is 24.6 Å². The number of carbonyl (C=O) groups is 3. The maximum atomic E-state index is 13.0. The summed E-state index contributed by atoms with van der Waals surface area (Å²) in [5.74, 6) is -0.254. The average Bonchev–Trinajstić information content (AvgIpc) is 3.15. The molecule has 0 radical (unpaired) electrons. The zero-order valence-electron chi connectivity index (χ0n) is 19.3. The van der Waals surface area contributed by atoms with E-state index >= 15 is 0 Å². The number of nitrogens with one attached hydrogen (secondary N) is 1. The van der Waals surface area contributed by atoms with E-state index in [1.165, 1.54) is 5.56 Å². The molecule has 2 atom stereocenters. The molecule has 3 aliphatic rings.